The molecular weight excluding hydrogens is 426 g/mol. The number of likely N-dealkylation sites (tertiary alicyclic amines) is 1. The van der Waals surface area contributed by atoms with Crippen LogP contribution in [0.25, 0.3) is 10.4 Å². The first-order valence-electron chi connectivity index (χ1n) is 12.2. The van der Waals surface area contributed by atoms with Crippen LogP contribution in [-0.4, -0.2) is 59.4 Å². The average molecular weight is 460 g/mol. The number of amides is 1. The molecule has 0 N–H and O–H groups in total. The first-order chi connectivity index (χ1) is 16.3. The Labute approximate surface area is 201 Å². The minimum Gasteiger partial charge on any atom is -0.339 e. The zero-order chi connectivity index (χ0) is 22.5. The number of hydrogen-bond acceptors (Lipinski definition) is 4. The normalized spacial score (nSPS) is 20.1. The number of thiophene rings is 1. The Kier molecular flexibility index (Phi) is 7.20. The van der Waals surface area contributed by atoms with Gasteiger partial charge in [-0.05, 0) is 47.5 Å². The van der Waals surface area contributed by atoms with E-state index >= 15 is 0 Å². The van der Waals surface area contributed by atoms with Gasteiger partial charge in [-0.3, -0.25) is 14.6 Å². The van der Waals surface area contributed by atoms with Gasteiger partial charge in [0.1, 0.15) is 0 Å². The SMILES string of the molecule is O=C(C1CCCCN1Cc1ccc(-c2cccs2)cc1)N1CCN(Cc2ccccc2)CC1. The number of carbonyl (C=O) groups is 1. The third-order valence-corrected chi connectivity index (χ3v) is 7.90. The standard InChI is InChI=1S/C28H33N3OS/c32-28(30-18-16-29(17-19-30)21-23-7-2-1-3-8-23)26-9-4-5-15-31(26)22-24-11-13-25(14-12-24)27-10-6-20-33-27/h1-3,6-8,10-14,20,26H,4-5,9,15-19,21-22H2. The maximum atomic E-state index is 13.5. The second-order valence-corrected chi connectivity index (χ2v) is 10.2. The Morgan fingerprint density at radius 2 is 1.55 bits per heavy atom. The number of nitrogens with zero attached hydrogens (tertiary/aromatic N) is 3. The second kappa shape index (κ2) is 10.6. The molecule has 0 bridgehead atoms. The van der Waals surface area contributed by atoms with E-state index in [4.69, 9.17) is 0 Å². The summed E-state index contributed by atoms with van der Waals surface area (Å²) in [5.41, 5.74) is 3.91. The molecule has 2 fully saturated rings. The zero-order valence-corrected chi connectivity index (χ0v) is 20.1. The maximum absolute atomic E-state index is 13.5. The van der Waals surface area contributed by atoms with Gasteiger partial charge in [-0.1, -0.05) is 67.1 Å². The van der Waals surface area contributed by atoms with Gasteiger partial charge < -0.3 is 4.90 Å². The highest BCUT2D eigenvalue weighted by Gasteiger charge is 2.33. The number of piperidine rings is 1. The summed E-state index contributed by atoms with van der Waals surface area (Å²) in [5.74, 6) is 0.337. The first kappa shape index (κ1) is 22.3. The lowest BCUT2D eigenvalue weighted by Crippen LogP contribution is -2.55. The van der Waals surface area contributed by atoms with Crippen molar-refractivity contribution in [3.05, 3.63) is 83.2 Å². The van der Waals surface area contributed by atoms with Crippen molar-refractivity contribution in [1.82, 2.24) is 14.7 Å². The van der Waals surface area contributed by atoms with Crippen molar-refractivity contribution in [2.24, 2.45) is 0 Å². The molecule has 1 atom stereocenters. The number of benzene rings is 2. The van der Waals surface area contributed by atoms with Crippen molar-refractivity contribution in [3.8, 4) is 10.4 Å². The van der Waals surface area contributed by atoms with Gasteiger partial charge in [-0.15, -0.1) is 11.3 Å². The third-order valence-electron chi connectivity index (χ3n) is 6.98. The van der Waals surface area contributed by atoms with Gasteiger partial charge in [0.05, 0.1) is 6.04 Å². The van der Waals surface area contributed by atoms with Gasteiger partial charge in [0.2, 0.25) is 5.91 Å². The van der Waals surface area contributed by atoms with Gasteiger partial charge >= 0.3 is 0 Å². The average Bonchev–Trinajstić information content (AvgIpc) is 3.41. The molecule has 5 rings (SSSR count). The number of rotatable bonds is 6. The summed E-state index contributed by atoms with van der Waals surface area (Å²) >= 11 is 1.77. The maximum Gasteiger partial charge on any atom is 0.240 e. The molecule has 1 unspecified atom stereocenters. The quantitative estimate of drug-likeness (QED) is 0.512. The molecule has 2 aliphatic rings. The van der Waals surface area contributed by atoms with E-state index in [0.29, 0.717) is 5.91 Å². The number of carbonyl (C=O) groups excluding carboxylic acids is 1. The molecule has 1 amide bonds. The highest BCUT2D eigenvalue weighted by molar-refractivity contribution is 7.13. The van der Waals surface area contributed by atoms with E-state index in [9.17, 15) is 4.79 Å². The van der Waals surface area contributed by atoms with E-state index in [-0.39, 0.29) is 6.04 Å². The van der Waals surface area contributed by atoms with Crippen LogP contribution < -0.4 is 0 Å². The van der Waals surface area contributed by atoms with Crippen LogP contribution in [0.15, 0.2) is 72.1 Å². The van der Waals surface area contributed by atoms with Crippen LogP contribution in [0.4, 0.5) is 0 Å². The molecule has 2 saturated heterocycles. The zero-order valence-electron chi connectivity index (χ0n) is 19.2. The van der Waals surface area contributed by atoms with Crippen LogP contribution in [0.5, 0.6) is 0 Å². The molecule has 2 aromatic carbocycles. The lowest BCUT2D eigenvalue weighted by Gasteiger charge is -2.41. The third kappa shape index (κ3) is 5.55. The van der Waals surface area contributed by atoms with Gasteiger partial charge in [0.15, 0.2) is 0 Å². The minimum atomic E-state index is 0.0244. The first-order valence-corrected chi connectivity index (χ1v) is 13.1. The van der Waals surface area contributed by atoms with E-state index in [1.807, 2.05) is 0 Å². The topological polar surface area (TPSA) is 26.8 Å². The minimum absolute atomic E-state index is 0.0244. The predicted octanol–water partition coefficient (Wildman–Crippen LogP) is 5.11. The Bertz CT molecular complexity index is 1010. The Morgan fingerprint density at radius 1 is 0.788 bits per heavy atom. The van der Waals surface area contributed by atoms with E-state index in [1.165, 1.54) is 28.0 Å². The van der Waals surface area contributed by atoms with Crippen molar-refractivity contribution in [2.75, 3.05) is 32.7 Å². The van der Waals surface area contributed by atoms with Gasteiger partial charge in [0.25, 0.3) is 0 Å². The lowest BCUT2D eigenvalue weighted by atomic mass is 9.99. The number of hydrogen-bond donors (Lipinski definition) is 0. The molecule has 0 radical (unpaired) electrons. The fraction of sp³-hybridized carbons (Fsp3) is 0.393. The summed E-state index contributed by atoms with van der Waals surface area (Å²) in [7, 11) is 0. The molecule has 3 aromatic rings. The van der Waals surface area contributed by atoms with Crippen LogP contribution in [0.2, 0.25) is 0 Å². The second-order valence-electron chi connectivity index (χ2n) is 9.24. The van der Waals surface area contributed by atoms with Crippen LogP contribution in [0.1, 0.15) is 30.4 Å². The Hall–Kier alpha value is -2.47. The molecule has 3 heterocycles. The predicted molar refractivity (Wildman–Crippen MR) is 136 cm³/mol. The van der Waals surface area contributed by atoms with Crippen molar-refractivity contribution in [2.45, 2.75) is 38.4 Å². The summed E-state index contributed by atoms with van der Waals surface area (Å²) < 4.78 is 0. The van der Waals surface area contributed by atoms with Gasteiger partial charge in [-0.25, -0.2) is 0 Å². The van der Waals surface area contributed by atoms with Crippen molar-refractivity contribution < 1.29 is 4.79 Å². The van der Waals surface area contributed by atoms with Crippen molar-refractivity contribution >= 4 is 17.2 Å². The fourth-order valence-corrected chi connectivity index (χ4v) is 5.82. The summed E-state index contributed by atoms with van der Waals surface area (Å²) in [6, 6.07) is 23.8. The molecule has 4 nitrogen and oxygen atoms in total. The highest BCUT2D eigenvalue weighted by atomic mass is 32.1. The van der Waals surface area contributed by atoms with E-state index in [0.717, 1.165) is 58.7 Å². The summed E-state index contributed by atoms with van der Waals surface area (Å²) in [4.78, 5) is 21.8. The molecule has 2 aliphatic heterocycles. The van der Waals surface area contributed by atoms with E-state index in [1.54, 1.807) is 11.3 Å². The molecule has 1 aromatic heterocycles. The molecular formula is C28H33N3OS. The summed E-state index contributed by atoms with van der Waals surface area (Å²) in [6.45, 7) is 6.43. The van der Waals surface area contributed by atoms with E-state index in [2.05, 4.69) is 86.8 Å². The lowest BCUT2D eigenvalue weighted by molar-refractivity contribution is -0.140. The van der Waals surface area contributed by atoms with Crippen LogP contribution in [0.3, 0.4) is 0 Å². The summed E-state index contributed by atoms with van der Waals surface area (Å²) in [6.07, 6.45) is 3.32. The monoisotopic (exact) mass is 459 g/mol. The molecule has 33 heavy (non-hydrogen) atoms. The Balaban J connectivity index is 1.18. The van der Waals surface area contributed by atoms with Gasteiger partial charge in [0, 0.05) is 44.1 Å². The summed E-state index contributed by atoms with van der Waals surface area (Å²) in [5, 5.41) is 2.12. The highest BCUT2D eigenvalue weighted by Crippen LogP contribution is 2.26. The fourth-order valence-electron chi connectivity index (χ4n) is 5.09. The van der Waals surface area contributed by atoms with Crippen LogP contribution in [0, 0.1) is 0 Å². The Morgan fingerprint density at radius 3 is 2.27 bits per heavy atom. The molecule has 5 heteroatoms. The molecule has 172 valence electrons. The largest absolute Gasteiger partial charge is 0.339 e. The van der Waals surface area contributed by atoms with Crippen LogP contribution >= 0.6 is 11.3 Å². The van der Waals surface area contributed by atoms with Crippen molar-refractivity contribution in [1.29, 1.82) is 0 Å². The molecule has 0 saturated carbocycles. The van der Waals surface area contributed by atoms with Crippen molar-refractivity contribution in [3.63, 3.8) is 0 Å². The van der Waals surface area contributed by atoms with Gasteiger partial charge in [-0.2, -0.15) is 0 Å². The molecule has 0 aliphatic carbocycles. The smallest absolute Gasteiger partial charge is 0.240 e. The molecule has 0 spiro atoms. The van der Waals surface area contributed by atoms with E-state index < -0.39 is 0 Å². The number of piperazine rings is 1. The van der Waals surface area contributed by atoms with Crippen LogP contribution in [-0.2, 0) is 17.9 Å².